The van der Waals surface area contributed by atoms with Gasteiger partial charge in [0, 0.05) is 24.7 Å². The van der Waals surface area contributed by atoms with Gasteiger partial charge in [0.1, 0.15) is 12.4 Å². The van der Waals surface area contributed by atoms with E-state index in [-0.39, 0.29) is 25.3 Å². The molecule has 0 aromatic heterocycles. The number of nitrogens with one attached hydrogen (secondary N) is 1. The number of para-hydroxylation sites is 1. The average Bonchev–Trinajstić information content (AvgIpc) is 2.72. The van der Waals surface area contributed by atoms with Crippen molar-refractivity contribution in [2.45, 2.75) is 45.7 Å². The highest BCUT2D eigenvalue weighted by Gasteiger charge is 2.24. The van der Waals surface area contributed by atoms with Crippen molar-refractivity contribution in [3.63, 3.8) is 0 Å². The minimum atomic E-state index is -0.0239. The molecule has 0 radical (unpaired) electrons. The van der Waals surface area contributed by atoms with Crippen LogP contribution in [0.2, 0.25) is 0 Å². The highest BCUT2D eigenvalue weighted by Crippen LogP contribution is 2.21. The second-order valence-electron chi connectivity index (χ2n) is 6.38. The Labute approximate surface area is 138 Å². The number of hydrogen-bond acceptors (Lipinski definition) is 3. The van der Waals surface area contributed by atoms with Crippen LogP contribution in [0.4, 0.5) is 4.79 Å². The molecule has 2 N–H and O–H groups in total. The molecule has 2 rings (SSSR count). The summed E-state index contributed by atoms with van der Waals surface area (Å²) in [4.78, 5) is 14.5. The molecular formula is C18H28N2O3. The van der Waals surface area contributed by atoms with Crippen LogP contribution < -0.4 is 10.1 Å². The Bertz CT molecular complexity index is 507. The van der Waals surface area contributed by atoms with Gasteiger partial charge in [0.05, 0.1) is 6.61 Å². The van der Waals surface area contributed by atoms with Crippen molar-refractivity contribution in [2.24, 2.45) is 5.92 Å². The van der Waals surface area contributed by atoms with Gasteiger partial charge in [-0.15, -0.1) is 0 Å². The van der Waals surface area contributed by atoms with Crippen LogP contribution in [0.1, 0.15) is 38.7 Å². The summed E-state index contributed by atoms with van der Waals surface area (Å²) >= 11 is 0. The van der Waals surface area contributed by atoms with Gasteiger partial charge < -0.3 is 20.1 Å². The number of aliphatic hydroxyl groups excluding tert-OH is 1. The maximum atomic E-state index is 12.5. The Hall–Kier alpha value is -1.75. The summed E-state index contributed by atoms with van der Waals surface area (Å²) in [6.07, 6.45) is 3.43. The lowest BCUT2D eigenvalue weighted by Crippen LogP contribution is -2.45. The first-order valence-electron chi connectivity index (χ1n) is 8.48. The number of hydrogen-bond donors (Lipinski definition) is 2. The molecule has 1 saturated heterocycles. The Morgan fingerprint density at radius 1 is 1.35 bits per heavy atom. The zero-order valence-electron chi connectivity index (χ0n) is 14.1. The molecule has 5 heteroatoms. The fourth-order valence-corrected chi connectivity index (χ4v) is 3.03. The fraction of sp³-hybridized carbons (Fsp3) is 0.611. The van der Waals surface area contributed by atoms with Crippen LogP contribution in [0.25, 0.3) is 0 Å². The molecule has 1 aliphatic heterocycles. The van der Waals surface area contributed by atoms with Crippen molar-refractivity contribution in [1.29, 1.82) is 0 Å². The van der Waals surface area contributed by atoms with E-state index in [9.17, 15) is 4.79 Å². The molecule has 2 amide bonds. The van der Waals surface area contributed by atoms with Crippen LogP contribution in [0.3, 0.4) is 0 Å². The molecule has 0 spiro atoms. The maximum Gasteiger partial charge on any atom is 0.317 e. The zero-order chi connectivity index (χ0) is 16.7. The van der Waals surface area contributed by atoms with Crippen molar-refractivity contribution < 1.29 is 14.6 Å². The van der Waals surface area contributed by atoms with E-state index in [1.54, 1.807) is 0 Å². The van der Waals surface area contributed by atoms with E-state index in [1.807, 2.05) is 29.2 Å². The average molecular weight is 320 g/mol. The van der Waals surface area contributed by atoms with Gasteiger partial charge in [-0.2, -0.15) is 0 Å². The van der Waals surface area contributed by atoms with Crippen molar-refractivity contribution in [2.75, 3.05) is 19.8 Å². The quantitative estimate of drug-likeness (QED) is 0.877. The van der Waals surface area contributed by atoms with E-state index in [0.717, 1.165) is 18.5 Å². The molecule has 1 fully saturated rings. The molecule has 5 nitrogen and oxygen atoms in total. The minimum absolute atomic E-state index is 0.0109. The summed E-state index contributed by atoms with van der Waals surface area (Å²) in [5.41, 5.74) is 0.921. The molecule has 2 atom stereocenters. The van der Waals surface area contributed by atoms with Crippen LogP contribution in [0.5, 0.6) is 5.75 Å². The van der Waals surface area contributed by atoms with Crippen molar-refractivity contribution in [3.05, 3.63) is 29.8 Å². The molecule has 1 aromatic rings. The van der Waals surface area contributed by atoms with Crippen molar-refractivity contribution >= 4 is 6.03 Å². The van der Waals surface area contributed by atoms with Crippen LogP contribution >= 0.6 is 0 Å². The monoisotopic (exact) mass is 320 g/mol. The lowest BCUT2D eigenvalue weighted by Gasteiger charge is -2.29. The molecule has 1 aromatic carbocycles. The van der Waals surface area contributed by atoms with E-state index in [2.05, 4.69) is 19.2 Å². The van der Waals surface area contributed by atoms with E-state index in [4.69, 9.17) is 9.84 Å². The lowest BCUT2D eigenvalue weighted by molar-refractivity contribution is 0.172. The topological polar surface area (TPSA) is 61.8 Å². The number of carbonyl (C=O) groups excluding carboxylic acids is 1. The number of urea groups is 1. The number of likely N-dealkylation sites (tertiary alicyclic amines) is 1. The number of nitrogens with zero attached hydrogens (tertiary/aromatic N) is 1. The Morgan fingerprint density at radius 2 is 2.13 bits per heavy atom. The van der Waals surface area contributed by atoms with Crippen LogP contribution in [-0.2, 0) is 6.54 Å². The van der Waals surface area contributed by atoms with Crippen LogP contribution in [0, 0.1) is 5.92 Å². The smallest absolute Gasteiger partial charge is 0.317 e. The second kappa shape index (κ2) is 8.77. The predicted molar refractivity (Wildman–Crippen MR) is 90.4 cm³/mol. The first-order valence-corrected chi connectivity index (χ1v) is 8.48. The summed E-state index contributed by atoms with van der Waals surface area (Å²) in [6, 6.07) is 7.86. The summed E-state index contributed by atoms with van der Waals surface area (Å²) in [5, 5.41) is 11.9. The fourth-order valence-electron chi connectivity index (χ4n) is 3.03. The molecule has 2 unspecified atom stereocenters. The van der Waals surface area contributed by atoms with Crippen LogP contribution in [0.15, 0.2) is 24.3 Å². The molecular weight excluding hydrogens is 292 g/mol. The number of carbonyl (C=O) groups is 1. The molecule has 0 saturated carbocycles. The first kappa shape index (κ1) is 17.6. The summed E-state index contributed by atoms with van der Waals surface area (Å²) in [7, 11) is 0. The second-order valence-corrected chi connectivity index (χ2v) is 6.38. The Kier molecular flexibility index (Phi) is 6.71. The van der Waals surface area contributed by atoms with E-state index >= 15 is 0 Å². The molecule has 0 bridgehead atoms. The zero-order valence-corrected chi connectivity index (χ0v) is 14.1. The highest BCUT2D eigenvalue weighted by atomic mass is 16.5. The van der Waals surface area contributed by atoms with E-state index in [1.165, 1.54) is 12.8 Å². The number of rotatable bonds is 5. The van der Waals surface area contributed by atoms with Gasteiger partial charge in [0.25, 0.3) is 0 Å². The first-order chi connectivity index (χ1) is 11.1. The molecule has 1 aliphatic rings. The van der Waals surface area contributed by atoms with Gasteiger partial charge in [-0.3, -0.25) is 0 Å². The van der Waals surface area contributed by atoms with E-state index in [0.29, 0.717) is 18.2 Å². The third-order valence-electron chi connectivity index (χ3n) is 4.37. The molecule has 0 aliphatic carbocycles. The van der Waals surface area contributed by atoms with Gasteiger partial charge in [-0.05, 0) is 31.7 Å². The number of benzene rings is 1. The van der Waals surface area contributed by atoms with Crippen molar-refractivity contribution in [3.8, 4) is 5.75 Å². The Balaban J connectivity index is 1.95. The number of amides is 2. The maximum absolute atomic E-state index is 12.5. The van der Waals surface area contributed by atoms with Gasteiger partial charge in [0.15, 0.2) is 0 Å². The van der Waals surface area contributed by atoms with Crippen molar-refractivity contribution in [1.82, 2.24) is 10.2 Å². The third kappa shape index (κ3) is 5.13. The molecule has 1 heterocycles. The van der Waals surface area contributed by atoms with Gasteiger partial charge in [-0.25, -0.2) is 4.79 Å². The molecule has 128 valence electrons. The standard InChI is InChI=1S/C18H28N2O3/c1-14-6-5-7-15(2)20(13-14)18(22)19-12-16-8-3-4-9-17(16)23-11-10-21/h3-4,8-9,14-15,21H,5-7,10-13H2,1-2H3,(H,19,22). The molecule has 23 heavy (non-hydrogen) atoms. The SMILES string of the molecule is CC1CCCC(C)N(C(=O)NCc2ccccc2OCCO)C1. The summed E-state index contributed by atoms with van der Waals surface area (Å²) in [6.45, 7) is 5.80. The predicted octanol–water partition coefficient (Wildman–Crippen LogP) is 2.78. The number of aliphatic hydroxyl groups is 1. The lowest BCUT2D eigenvalue weighted by atomic mass is 10.1. The van der Waals surface area contributed by atoms with Crippen LogP contribution in [-0.4, -0.2) is 41.8 Å². The highest BCUT2D eigenvalue weighted by molar-refractivity contribution is 5.74. The Morgan fingerprint density at radius 3 is 2.91 bits per heavy atom. The normalized spacial score (nSPS) is 21.6. The minimum Gasteiger partial charge on any atom is -0.491 e. The van der Waals surface area contributed by atoms with E-state index < -0.39 is 0 Å². The summed E-state index contributed by atoms with van der Waals surface area (Å²) in [5.74, 6) is 1.25. The van der Waals surface area contributed by atoms with Gasteiger partial charge in [0.2, 0.25) is 0 Å². The third-order valence-corrected chi connectivity index (χ3v) is 4.37. The number of ether oxygens (including phenoxy) is 1. The largest absolute Gasteiger partial charge is 0.491 e. The summed E-state index contributed by atoms with van der Waals surface area (Å²) < 4.78 is 5.51. The van der Waals surface area contributed by atoms with Gasteiger partial charge in [-0.1, -0.05) is 31.5 Å². The van der Waals surface area contributed by atoms with Gasteiger partial charge >= 0.3 is 6.03 Å².